The van der Waals surface area contributed by atoms with Gasteiger partial charge in [0, 0.05) is 31.9 Å². The lowest BCUT2D eigenvalue weighted by molar-refractivity contribution is -0.140. The second kappa shape index (κ2) is 10.4. The summed E-state index contributed by atoms with van der Waals surface area (Å²) in [6.45, 7) is 4.89. The van der Waals surface area contributed by atoms with Crippen molar-refractivity contribution in [3.63, 3.8) is 0 Å². The van der Waals surface area contributed by atoms with E-state index in [1.165, 1.54) is 7.11 Å². The van der Waals surface area contributed by atoms with Gasteiger partial charge in [0.2, 0.25) is 0 Å². The van der Waals surface area contributed by atoms with Gasteiger partial charge in [0.15, 0.2) is 5.96 Å². The van der Waals surface area contributed by atoms with Crippen LogP contribution in [0.3, 0.4) is 0 Å². The molecule has 8 nitrogen and oxygen atoms in total. The Morgan fingerprint density at radius 2 is 2.22 bits per heavy atom. The molecule has 0 saturated heterocycles. The Hall–Kier alpha value is -1.36. The molecular weight excluding hydrogens is 413 g/mol. The Kier molecular flexibility index (Phi) is 9.80. The first kappa shape index (κ1) is 21.6. The minimum atomic E-state index is -1.11. The molecule has 0 aliphatic rings. The molecule has 1 rings (SSSR count). The number of nitrogens with one attached hydrogen (secondary N) is 2. The molecule has 132 valence electrons. The molecule has 0 radical (unpaired) electrons. The minimum absolute atomic E-state index is 0. The van der Waals surface area contributed by atoms with E-state index in [-0.39, 0.29) is 42.9 Å². The van der Waals surface area contributed by atoms with Crippen LogP contribution in [0.1, 0.15) is 25.8 Å². The molecule has 0 bridgehead atoms. The van der Waals surface area contributed by atoms with Gasteiger partial charge >= 0.3 is 5.97 Å². The third-order valence-corrected chi connectivity index (χ3v) is 3.07. The van der Waals surface area contributed by atoms with E-state index >= 15 is 0 Å². The number of nitrogens with zero attached hydrogens (tertiary/aromatic N) is 3. The van der Waals surface area contributed by atoms with Crippen LogP contribution in [0.5, 0.6) is 0 Å². The van der Waals surface area contributed by atoms with Crippen LogP contribution < -0.4 is 10.6 Å². The van der Waals surface area contributed by atoms with Crippen molar-refractivity contribution < 1.29 is 14.6 Å². The number of aromatic nitrogens is 2. The van der Waals surface area contributed by atoms with Gasteiger partial charge in [-0.25, -0.2) is 4.99 Å². The number of aliphatic hydroxyl groups is 1. The Bertz CT molecular complexity index is 516. The van der Waals surface area contributed by atoms with E-state index in [1.807, 2.05) is 6.92 Å². The summed E-state index contributed by atoms with van der Waals surface area (Å²) in [6, 6.07) is 0. The van der Waals surface area contributed by atoms with E-state index < -0.39 is 5.60 Å². The monoisotopic (exact) mass is 439 g/mol. The lowest BCUT2D eigenvalue weighted by Gasteiger charge is -2.20. The normalized spacial score (nSPS) is 13.7. The number of hydrogen-bond donors (Lipinski definition) is 3. The van der Waals surface area contributed by atoms with Crippen LogP contribution in [0.2, 0.25) is 0 Å². The summed E-state index contributed by atoms with van der Waals surface area (Å²) in [7, 11) is 3.15. The maximum Gasteiger partial charge on any atom is 0.307 e. The molecule has 1 aromatic rings. The molecule has 1 heterocycles. The van der Waals surface area contributed by atoms with Gasteiger partial charge in [-0.1, -0.05) is 0 Å². The van der Waals surface area contributed by atoms with Crippen molar-refractivity contribution in [3.05, 3.63) is 18.0 Å². The molecular formula is C14H26IN5O3. The molecule has 0 saturated carbocycles. The molecule has 1 atom stereocenters. The van der Waals surface area contributed by atoms with E-state index in [1.54, 1.807) is 31.0 Å². The third-order valence-electron chi connectivity index (χ3n) is 3.07. The van der Waals surface area contributed by atoms with Crippen LogP contribution >= 0.6 is 24.0 Å². The number of esters is 1. The number of hydrogen-bond acceptors (Lipinski definition) is 5. The number of aliphatic imine (C=N–C) groups is 1. The number of methoxy groups -OCH3 is 1. The highest BCUT2D eigenvalue weighted by molar-refractivity contribution is 14.0. The fourth-order valence-electron chi connectivity index (χ4n) is 1.75. The van der Waals surface area contributed by atoms with Crippen LogP contribution in [0, 0.1) is 0 Å². The maximum absolute atomic E-state index is 11.1. The molecule has 1 aromatic heterocycles. The van der Waals surface area contributed by atoms with Crippen LogP contribution in [-0.2, 0) is 22.2 Å². The quantitative estimate of drug-likeness (QED) is 0.246. The molecule has 0 fully saturated rings. The molecule has 9 heteroatoms. The first-order valence-corrected chi connectivity index (χ1v) is 7.19. The highest BCUT2D eigenvalue weighted by Gasteiger charge is 2.24. The predicted molar refractivity (Wildman–Crippen MR) is 98.8 cm³/mol. The Balaban J connectivity index is 0.00000484. The zero-order valence-corrected chi connectivity index (χ0v) is 16.3. The lowest BCUT2D eigenvalue weighted by Crippen LogP contribution is -2.39. The number of carbonyl (C=O) groups excluding carboxylic acids is 1. The van der Waals surface area contributed by atoms with E-state index in [9.17, 15) is 9.90 Å². The van der Waals surface area contributed by atoms with Gasteiger partial charge in [-0.05, 0) is 13.8 Å². The zero-order valence-electron chi connectivity index (χ0n) is 14.0. The average Bonchev–Trinajstić information content (AvgIpc) is 2.92. The largest absolute Gasteiger partial charge is 0.469 e. The molecule has 0 amide bonds. The summed E-state index contributed by atoms with van der Waals surface area (Å²) in [4.78, 5) is 15.4. The number of ether oxygens (including phenoxy) is 1. The maximum atomic E-state index is 11.1. The van der Waals surface area contributed by atoms with Gasteiger partial charge in [0.25, 0.3) is 0 Å². The molecule has 0 aliphatic carbocycles. The number of guanidine groups is 1. The van der Waals surface area contributed by atoms with Crippen molar-refractivity contribution >= 4 is 35.9 Å². The fraction of sp³-hybridized carbons (Fsp3) is 0.643. The number of carbonyl (C=O) groups is 1. The van der Waals surface area contributed by atoms with Gasteiger partial charge in [-0.15, -0.1) is 24.0 Å². The zero-order chi connectivity index (χ0) is 16.6. The van der Waals surface area contributed by atoms with Crippen molar-refractivity contribution in [2.24, 2.45) is 12.0 Å². The number of halogens is 1. The molecule has 23 heavy (non-hydrogen) atoms. The topological polar surface area (TPSA) is 101 Å². The molecule has 0 aliphatic heterocycles. The van der Waals surface area contributed by atoms with E-state index in [2.05, 4.69) is 25.5 Å². The summed E-state index contributed by atoms with van der Waals surface area (Å²) >= 11 is 0. The molecule has 0 spiro atoms. The SMILES string of the molecule is CCNC(=NCC(C)(O)c1cnn(C)c1)NCCC(=O)OC.I. The summed E-state index contributed by atoms with van der Waals surface area (Å²) in [5, 5.41) is 20.6. The van der Waals surface area contributed by atoms with Gasteiger partial charge in [0.05, 0.1) is 26.3 Å². The molecule has 1 unspecified atom stereocenters. The Morgan fingerprint density at radius 3 is 2.74 bits per heavy atom. The van der Waals surface area contributed by atoms with Gasteiger partial charge in [0.1, 0.15) is 5.60 Å². The summed E-state index contributed by atoms with van der Waals surface area (Å²) in [5.41, 5.74) is -0.414. The molecule has 3 N–H and O–H groups in total. The Labute approximate surface area is 153 Å². The predicted octanol–water partition coefficient (Wildman–Crippen LogP) is 0.364. The van der Waals surface area contributed by atoms with Crippen molar-refractivity contribution in [1.82, 2.24) is 20.4 Å². The van der Waals surface area contributed by atoms with Crippen LogP contribution in [0.15, 0.2) is 17.4 Å². The second-order valence-electron chi connectivity index (χ2n) is 5.12. The smallest absolute Gasteiger partial charge is 0.307 e. The van der Waals surface area contributed by atoms with Crippen molar-refractivity contribution in [3.8, 4) is 0 Å². The number of rotatable bonds is 7. The van der Waals surface area contributed by atoms with Crippen molar-refractivity contribution in [2.45, 2.75) is 25.9 Å². The second-order valence-corrected chi connectivity index (χ2v) is 5.12. The van der Waals surface area contributed by atoms with Crippen molar-refractivity contribution in [2.75, 3.05) is 26.7 Å². The lowest BCUT2D eigenvalue weighted by atomic mass is 10.0. The third kappa shape index (κ3) is 7.64. The van der Waals surface area contributed by atoms with Gasteiger partial charge < -0.3 is 20.5 Å². The summed E-state index contributed by atoms with van der Waals surface area (Å²) in [5.74, 6) is 0.251. The minimum Gasteiger partial charge on any atom is -0.469 e. The first-order chi connectivity index (χ1) is 10.4. The first-order valence-electron chi connectivity index (χ1n) is 7.19. The summed E-state index contributed by atoms with van der Waals surface area (Å²) < 4.78 is 6.21. The van der Waals surface area contributed by atoms with E-state index in [0.29, 0.717) is 24.6 Å². The highest BCUT2D eigenvalue weighted by atomic mass is 127. The van der Waals surface area contributed by atoms with E-state index in [0.717, 1.165) is 0 Å². The van der Waals surface area contributed by atoms with Crippen LogP contribution in [0.25, 0.3) is 0 Å². The van der Waals surface area contributed by atoms with Crippen LogP contribution in [-0.4, -0.2) is 53.6 Å². The van der Waals surface area contributed by atoms with E-state index in [4.69, 9.17) is 0 Å². The average molecular weight is 439 g/mol. The standard InChI is InChI=1S/C14H25N5O3.HI/c1-5-15-13(16-7-6-12(20)22-4)17-10-14(2,21)11-8-18-19(3)9-11;/h8-9,21H,5-7,10H2,1-4H3,(H2,15,16,17);1H. The highest BCUT2D eigenvalue weighted by Crippen LogP contribution is 2.19. The van der Waals surface area contributed by atoms with Crippen LogP contribution in [0.4, 0.5) is 0 Å². The Morgan fingerprint density at radius 1 is 1.52 bits per heavy atom. The fourth-order valence-corrected chi connectivity index (χ4v) is 1.75. The number of aryl methyl sites for hydroxylation is 1. The van der Waals surface area contributed by atoms with Gasteiger partial charge in [-0.2, -0.15) is 5.10 Å². The van der Waals surface area contributed by atoms with Crippen molar-refractivity contribution in [1.29, 1.82) is 0 Å². The summed E-state index contributed by atoms with van der Waals surface area (Å²) in [6.07, 6.45) is 3.63. The van der Waals surface area contributed by atoms with Gasteiger partial charge in [-0.3, -0.25) is 9.48 Å². The molecule has 0 aromatic carbocycles.